The average molecular weight is 331 g/mol. The van der Waals surface area contributed by atoms with Gasteiger partial charge in [-0.15, -0.1) is 0 Å². The van der Waals surface area contributed by atoms with Crippen LogP contribution in [0.5, 0.6) is 0 Å². The molecular formula is C13H21N3O3S2. The van der Waals surface area contributed by atoms with Crippen LogP contribution in [0, 0.1) is 0 Å². The van der Waals surface area contributed by atoms with Crippen molar-refractivity contribution in [1.29, 1.82) is 0 Å². The molecule has 0 radical (unpaired) electrons. The second kappa shape index (κ2) is 8.38. The highest BCUT2D eigenvalue weighted by molar-refractivity contribution is 7.98. The van der Waals surface area contributed by atoms with Gasteiger partial charge >= 0.3 is 0 Å². The maximum atomic E-state index is 11.7. The SMILES string of the molecule is CSCC[C@@H](N)C(=O)NCCc1ccc(S(N)(=O)=O)cc1. The smallest absolute Gasteiger partial charge is 0.238 e. The number of benzene rings is 1. The van der Waals surface area contributed by atoms with E-state index in [-0.39, 0.29) is 10.8 Å². The van der Waals surface area contributed by atoms with Crippen LogP contribution in [-0.2, 0) is 21.2 Å². The van der Waals surface area contributed by atoms with Crippen LogP contribution in [0.1, 0.15) is 12.0 Å². The summed E-state index contributed by atoms with van der Waals surface area (Å²) in [6.07, 6.45) is 3.22. The first-order chi connectivity index (χ1) is 9.84. The summed E-state index contributed by atoms with van der Waals surface area (Å²) in [6.45, 7) is 0.459. The van der Waals surface area contributed by atoms with E-state index in [9.17, 15) is 13.2 Å². The molecule has 8 heteroatoms. The van der Waals surface area contributed by atoms with Gasteiger partial charge in [0.15, 0.2) is 0 Å². The van der Waals surface area contributed by atoms with Gasteiger partial charge in [-0.05, 0) is 42.5 Å². The van der Waals surface area contributed by atoms with Gasteiger partial charge in [0.05, 0.1) is 10.9 Å². The molecule has 21 heavy (non-hydrogen) atoms. The minimum Gasteiger partial charge on any atom is -0.354 e. The lowest BCUT2D eigenvalue weighted by Crippen LogP contribution is -2.41. The number of sulfonamides is 1. The maximum Gasteiger partial charge on any atom is 0.238 e. The predicted octanol–water partition coefficient (Wildman–Crippen LogP) is 0.0731. The fourth-order valence-corrected chi connectivity index (χ4v) is 2.69. The number of hydrogen-bond acceptors (Lipinski definition) is 5. The van der Waals surface area contributed by atoms with E-state index in [0.717, 1.165) is 11.3 Å². The summed E-state index contributed by atoms with van der Waals surface area (Å²) in [5.41, 5.74) is 6.66. The van der Waals surface area contributed by atoms with Crippen molar-refractivity contribution in [3.8, 4) is 0 Å². The minimum absolute atomic E-state index is 0.0781. The number of amides is 1. The van der Waals surface area contributed by atoms with E-state index in [2.05, 4.69) is 5.32 Å². The first-order valence-corrected chi connectivity index (χ1v) is 9.42. The largest absolute Gasteiger partial charge is 0.354 e. The lowest BCUT2D eigenvalue weighted by Gasteiger charge is -2.11. The van der Waals surface area contributed by atoms with Gasteiger partial charge in [0, 0.05) is 6.54 Å². The summed E-state index contributed by atoms with van der Waals surface area (Å²) in [7, 11) is -3.66. The monoisotopic (exact) mass is 331 g/mol. The van der Waals surface area contributed by atoms with E-state index in [4.69, 9.17) is 10.9 Å². The molecule has 0 aliphatic rings. The third kappa shape index (κ3) is 6.47. The molecule has 0 spiro atoms. The summed E-state index contributed by atoms with van der Waals surface area (Å²) < 4.78 is 22.2. The van der Waals surface area contributed by atoms with Crippen molar-refractivity contribution < 1.29 is 13.2 Å². The molecule has 0 bridgehead atoms. The molecule has 1 amide bonds. The van der Waals surface area contributed by atoms with Crippen molar-refractivity contribution in [3.63, 3.8) is 0 Å². The lowest BCUT2D eigenvalue weighted by molar-refractivity contribution is -0.122. The molecule has 0 aliphatic carbocycles. The summed E-state index contributed by atoms with van der Waals surface area (Å²) >= 11 is 1.65. The molecule has 118 valence electrons. The molecule has 0 aromatic heterocycles. The normalized spacial score (nSPS) is 12.9. The summed E-state index contributed by atoms with van der Waals surface area (Å²) in [5, 5.41) is 7.79. The van der Waals surface area contributed by atoms with Gasteiger partial charge in [-0.2, -0.15) is 11.8 Å². The van der Waals surface area contributed by atoms with Crippen molar-refractivity contribution in [2.45, 2.75) is 23.8 Å². The van der Waals surface area contributed by atoms with Gasteiger partial charge in [0.1, 0.15) is 0 Å². The Bertz CT molecular complexity index is 559. The Labute approximate surface area is 129 Å². The zero-order valence-corrected chi connectivity index (χ0v) is 13.5. The standard InChI is InChI=1S/C13H21N3O3S2/c1-20-9-7-12(14)13(17)16-8-6-10-2-4-11(5-3-10)21(15,18)19/h2-5,12H,6-9,14H2,1H3,(H,16,17)(H2,15,18,19)/t12-/m1/s1. The van der Waals surface area contributed by atoms with Crippen molar-refractivity contribution in [2.24, 2.45) is 10.9 Å². The number of hydrogen-bond donors (Lipinski definition) is 3. The molecule has 1 aromatic rings. The van der Waals surface area contributed by atoms with Crippen LogP contribution in [0.3, 0.4) is 0 Å². The van der Waals surface area contributed by atoms with Crippen molar-refractivity contribution in [3.05, 3.63) is 29.8 Å². The molecule has 0 saturated heterocycles. The number of thioether (sulfide) groups is 1. The fraction of sp³-hybridized carbons (Fsp3) is 0.462. The molecule has 0 heterocycles. The highest BCUT2D eigenvalue weighted by Crippen LogP contribution is 2.09. The van der Waals surface area contributed by atoms with Crippen LogP contribution in [-0.4, -0.2) is 38.9 Å². The van der Waals surface area contributed by atoms with E-state index >= 15 is 0 Å². The van der Waals surface area contributed by atoms with Crippen LogP contribution in [0.25, 0.3) is 0 Å². The summed E-state index contributed by atoms with van der Waals surface area (Å²) in [5.74, 6) is 0.689. The first-order valence-electron chi connectivity index (χ1n) is 6.48. The number of primary sulfonamides is 1. The van der Waals surface area contributed by atoms with Gasteiger partial charge in [-0.25, -0.2) is 13.6 Å². The molecule has 0 fully saturated rings. The highest BCUT2D eigenvalue weighted by atomic mass is 32.2. The Morgan fingerprint density at radius 2 is 1.95 bits per heavy atom. The fourth-order valence-electron chi connectivity index (χ4n) is 1.68. The molecule has 1 atom stereocenters. The second-order valence-corrected chi connectivity index (χ2v) is 7.16. The van der Waals surface area contributed by atoms with E-state index in [1.165, 1.54) is 12.1 Å². The van der Waals surface area contributed by atoms with E-state index < -0.39 is 16.1 Å². The number of nitrogens with two attached hydrogens (primary N) is 2. The first kappa shape index (κ1) is 18.0. The number of rotatable bonds is 8. The molecule has 1 aromatic carbocycles. The Morgan fingerprint density at radius 1 is 1.33 bits per heavy atom. The molecule has 0 aliphatic heterocycles. The van der Waals surface area contributed by atoms with Crippen molar-refractivity contribution in [2.75, 3.05) is 18.6 Å². The van der Waals surface area contributed by atoms with Gasteiger partial charge in [0.25, 0.3) is 0 Å². The third-order valence-corrected chi connectivity index (χ3v) is 4.51. The van der Waals surface area contributed by atoms with Gasteiger partial charge in [-0.1, -0.05) is 12.1 Å². The lowest BCUT2D eigenvalue weighted by atomic mass is 10.1. The second-order valence-electron chi connectivity index (χ2n) is 4.62. The summed E-state index contributed by atoms with van der Waals surface area (Å²) in [6, 6.07) is 5.79. The Morgan fingerprint density at radius 3 is 2.48 bits per heavy atom. The molecule has 0 unspecified atom stereocenters. The maximum absolute atomic E-state index is 11.7. The van der Waals surface area contributed by atoms with Gasteiger partial charge in [-0.3, -0.25) is 4.79 Å². The van der Waals surface area contributed by atoms with Crippen molar-refractivity contribution in [1.82, 2.24) is 5.32 Å². The van der Waals surface area contributed by atoms with Crippen LogP contribution in [0.4, 0.5) is 0 Å². The third-order valence-electron chi connectivity index (χ3n) is 2.93. The highest BCUT2D eigenvalue weighted by Gasteiger charge is 2.12. The van der Waals surface area contributed by atoms with Crippen LogP contribution < -0.4 is 16.2 Å². The van der Waals surface area contributed by atoms with E-state index in [0.29, 0.717) is 19.4 Å². The number of carbonyl (C=O) groups excluding carboxylic acids is 1. The number of carbonyl (C=O) groups is 1. The topological polar surface area (TPSA) is 115 Å². The predicted molar refractivity (Wildman–Crippen MR) is 85.5 cm³/mol. The zero-order valence-electron chi connectivity index (χ0n) is 11.9. The molecule has 6 nitrogen and oxygen atoms in total. The summed E-state index contributed by atoms with van der Waals surface area (Å²) in [4.78, 5) is 11.8. The molecule has 0 saturated carbocycles. The zero-order chi connectivity index (χ0) is 15.9. The minimum atomic E-state index is -3.66. The van der Waals surface area contributed by atoms with Gasteiger partial charge < -0.3 is 11.1 Å². The Balaban J connectivity index is 2.41. The molecule has 1 rings (SSSR count). The molecule has 5 N–H and O–H groups in total. The Hall–Kier alpha value is -1.09. The van der Waals surface area contributed by atoms with Crippen LogP contribution in [0.15, 0.2) is 29.2 Å². The van der Waals surface area contributed by atoms with Crippen molar-refractivity contribution >= 4 is 27.7 Å². The van der Waals surface area contributed by atoms with E-state index in [1.54, 1.807) is 23.9 Å². The van der Waals surface area contributed by atoms with Crippen LogP contribution in [0.2, 0.25) is 0 Å². The Kier molecular flexibility index (Phi) is 7.16. The van der Waals surface area contributed by atoms with Gasteiger partial charge in [0.2, 0.25) is 15.9 Å². The van der Waals surface area contributed by atoms with Crippen LogP contribution >= 0.6 is 11.8 Å². The van der Waals surface area contributed by atoms with E-state index in [1.807, 2.05) is 6.26 Å². The molecular weight excluding hydrogens is 310 g/mol. The quantitative estimate of drug-likeness (QED) is 0.623. The average Bonchev–Trinajstić information content (AvgIpc) is 2.44. The number of nitrogens with one attached hydrogen (secondary N) is 1.